The molecule has 0 aliphatic carbocycles. The van der Waals surface area contributed by atoms with Gasteiger partial charge in [-0.1, -0.05) is 25.4 Å². The molecule has 1 rings (SSSR count). The molecule has 1 aromatic rings. The first-order valence-electron chi connectivity index (χ1n) is 4.93. The Morgan fingerprint density at radius 3 is 2.86 bits per heavy atom. The van der Waals surface area contributed by atoms with E-state index >= 15 is 0 Å². The van der Waals surface area contributed by atoms with Crippen molar-refractivity contribution in [3.05, 3.63) is 16.9 Å². The highest BCUT2D eigenvalue weighted by Crippen LogP contribution is 2.16. The van der Waals surface area contributed by atoms with Gasteiger partial charge < -0.3 is 0 Å². The van der Waals surface area contributed by atoms with Crippen molar-refractivity contribution in [2.24, 2.45) is 7.05 Å². The van der Waals surface area contributed by atoms with Crippen LogP contribution < -0.4 is 0 Å². The van der Waals surface area contributed by atoms with E-state index in [1.165, 1.54) is 6.42 Å². The van der Waals surface area contributed by atoms with Gasteiger partial charge in [0, 0.05) is 18.7 Å². The first kappa shape index (κ1) is 11.9. The maximum atomic E-state index is 5.89. The fourth-order valence-corrected chi connectivity index (χ4v) is 2.23. The minimum atomic E-state index is 0.716. The van der Waals surface area contributed by atoms with Gasteiger partial charge >= 0.3 is 0 Å². The van der Waals surface area contributed by atoms with Crippen molar-refractivity contribution < 1.29 is 0 Å². The molecule has 1 atom stereocenters. The zero-order valence-electron chi connectivity index (χ0n) is 8.96. The Hall–Kier alpha value is -0.150. The number of hydrogen-bond acceptors (Lipinski definition) is 2. The van der Waals surface area contributed by atoms with E-state index in [1.807, 2.05) is 24.9 Å². The molecule has 4 heteroatoms. The summed E-state index contributed by atoms with van der Waals surface area (Å²) in [6.45, 7) is 4.48. The number of aromatic nitrogens is 2. The Labute approximate surface area is 95.0 Å². The second kappa shape index (κ2) is 5.66. The topological polar surface area (TPSA) is 17.8 Å². The summed E-state index contributed by atoms with van der Waals surface area (Å²) in [7, 11) is 1.87. The van der Waals surface area contributed by atoms with Gasteiger partial charge in [0.25, 0.3) is 0 Å². The molecule has 2 nitrogen and oxygen atoms in total. The number of aryl methyl sites for hydroxylation is 2. The maximum absolute atomic E-state index is 5.89. The molecule has 0 saturated carbocycles. The lowest BCUT2D eigenvalue weighted by molar-refractivity contribution is 0.747. The summed E-state index contributed by atoms with van der Waals surface area (Å²) in [6, 6.07) is 1.94. The molecule has 0 radical (unpaired) electrons. The van der Waals surface area contributed by atoms with Crippen molar-refractivity contribution in [1.29, 1.82) is 0 Å². The van der Waals surface area contributed by atoms with E-state index in [0.29, 0.717) is 5.15 Å². The summed E-state index contributed by atoms with van der Waals surface area (Å²) >= 11 is 7.89. The molecular formula is C10H17ClN2S. The lowest BCUT2D eigenvalue weighted by atomic mass is 10.3. The van der Waals surface area contributed by atoms with E-state index in [0.717, 1.165) is 23.1 Å². The van der Waals surface area contributed by atoms with Crippen LogP contribution in [0.1, 0.15) is 26.0 Å². The third-order valence-electron chi connectivity index (χ3n) is 2.21. The van der Waals surface area contributed by atoms with Gasteiger partial charge in [0.05, 0.1) is 5.69 Å². The zero-order valence-corrected chi connectivity index (χ0v) is 10.5. The van der Waals surface area contributed by atoms with E-state index in [1.54, 1.807) is 4.68 Å². The van der Waals surface area contributed by atoms with Crippen LogP contribution in [0.15, 0.2) is 6.07 Å². The van der Waals surface area contributed by atoms with Crippen molar-refractivity contribution >= 4 is 23.4 Å². The molecule has 0 aliphatic heterocycles. The molecule has 0 saturated heterocycles. The molecule has 0 bridgehead atoms. The highest BCUT2D eigenvalue weighted by molar-refractivity contribution is 7.99. The van der Waals surface area contributed by atoms with Crippen LogP contribution in [0.4, 0.5) is 0 Å². The summed E-state index contributed by atoms with van der Waals surface area (Å²) in [6.07, 6.45) is 2.24. The summed E-state index contributed by atoms with van der Waals surface area (Å²) in [5.41, 5.74) is 1.09. The average Bonchev–Trinajstić information content (AvgIpc) is 2.46. The van der Waals surface area contributed by atoms with Gasteiger partial charge in [0.2, 0.25) is 0 Å². The van der Waals surface area contributed by atoms with E-state index in [4.69, 9.17) is 11.6 Å². The van der Waals surface area contributed by atoms with Crippen molar-refractivity contribution in [3.8, 4) is 0 Å². The van der Waals surface area contributed by atoms with Crippen LogP contribution in [0.3, 0.4) is 0 Å². The number of hydrogen-bond donors (Lipinski definition) is 0. The standard InChI is InChI=1S/C10H17ClN2S/c1-4-8(2)14-6-5-9-7-10(11)13(3)12-9/h7-8H,4-6H2,1-3H3. The molecule has 0 fully saturated rings. The Balaban J connectivity index is 2.31. The van der Waals surface area contributed by atoms with Crippen LogP contribution in [0.25, 0.3) is 0 Å². The van der Waals surface area contributed by atoms with Crippen LogP contribution >= 0.6 is 23.4 Å². The maximum Gasteiger partial charge on any atom is 0.126 e. The van der Waals surface area contributed by atoms with Gasteiger partial charge in [-0.2, -0.15) is 16.9 Å². The summed E-state index contributed by atoms with van der Waals surface area (Å²) in [4.78, 5) is 0. The van der Waals surface area contributed by atoms with Crippen LogP contribution in [-0.4, -0.2) is 20.8 Å². The number of halogens is 1. The third-order valence-corrected chi connectivity index (χ3v) is 3.90. The zero-order chi connectivity index (χ0) is 10.6. The molecule has 1 unspecified atom stereocenters. The summed E-state index contributed by atoms with van der Waals surface area (Å²) < 4.78 is 1.71. The van der Waals surface area contributed by atoms with E-state index in [2.05, 4.69) is 18.9 Å². The van der Waals surface area contributed by atoms with E-state index in [-0.39, 0.29) is 0 Å². The highest BCUT2D eigenvalue weighted by atomic mass is 35.5. The smallest absolute Gasteiger partial charge is 0.126 e. The molecule has 0 amide bonds. The monoisotopic (exact) mass is 232 g/mol. The second-order valence-corrected chi connectivity index (χ2v) is 5.36. The second-order valence-electron chi connectivity index (χ2n) is 3.42. The van der Waals surface area contributed by atoms with E-state index in [9.17, 15) is 0 Å². The Bertz CT molecular complexity index is 266. The van der Waals surface area contributed by atoms with Crippen molar-refractivity contribution in [2.45, 2.75) is 31.9 Å². The molecule has 0 N–H and O–H groups in total. The van der Waals surface area contributed by atoms with Gasteiger partial charge in [-0.05, 0) is 18.2 Å². The highest BCUT2D eigenvalue weighted by Gasteiger charge is 2.04. The lowest BCUT2D eigenvalue weighted by Crippen LogP contribution is -1.98. The fraction of sp³-hybridized carbons (Fsp3) is 0.700. The summed E-state index contributed by atoms with van der Waals surface area (Å²) in [5, 5.41) is 5.77. The molecule has 80 valence electrons. The summed E-state index contributed by atoms with van der Waals surface area (Å²) in [5.74, 6) is 1.13. The van der Waals surface area contributed by atoms with Gasteiger partial charge in [-0.25, -0.2) is 0 Å². The minimum Gasteiger partial charge on any atom is -0.257 e. The van der Waals surface area contributed by atoms with Crippen LogP contribution in [0.2, 0.25) is 5.15 Å². The Morgan fingerprint density at radius 2 is 2.36 bits per heavy atom. The molecule has 14 heavy (non-hydrogen) atoms. The molecular weight excluding hydrogens is 216 g/mol. The van der Waals surface area contributed by atoms with Crippen LogP contribution in [-0.2, 0) is 13.5 Å². The molecule has 1 aromatic heterocycles. The molecule has 0 spiro atoms. The SMILES string of the molecule is CCC(C)SCCc1cc(Cl)n(C)n1. The largest absolute Gasteiger partial charge is 0.257 e. The number of nitrogens with zero attached hydrogens (tertiary/aromatic N) is 2. The van der Waals surface area contributed by atoms with Crippen LogP contribution in [0.5, 0.6) is 0 Å². The number of thioether (sulfide) groups is 1. The first-order chi connectivity index (χ1) is 6.63. The predicted molar refractivity (Wildman–Crippen MR) is 64.1 cm³/mol. The average molecular weight is 233 g/mol. The van der Waals surface area contributed by atoms with Crippen LogP contribution in [0, 0.1) is 0 Å². The molecule has 0 aromatic carbocycles. The fourth-order valence-electron chi connectivity index (χ4n) is 1.10. The quantitative estimate of drug-likeness (QED) is 0.776. The van der Waals surface area contributed by atoms with E-state index < -0.39 is 0 Å². The molecule has 0 aliphatic rings. The van der Waals surface area contributed by atoms with Gasteiger partial charge in [0.1, 0.15) is 5.15 Å². The Kier molecular flexibility index (Phi) is 4.82. The van der Waals surface area contributed by atoms with Crippen molar-refractivity contribution in [3.63, 3.8) is 0 Å². The van der Waals surface area contributed by atoms with Gasteiger partial charge in [0.15, 0.2) is 0 Å². The predicted octanol–water partition coefficient (Wildman–Crippen LogP) is 3.15. The lowest BCUT2D eigenvalue weighted by Gasteiger charge is -2.05. The Morgan fingerprint density at radius 1 is 1.64 bits per heavy atom. The third kappa shape index (κ3) is 3.54. The number of rotatable bonds is 5. The van der Waals surface area contributed by atoms with Crippen molar-refractivity contribution in [2.75, 3.05) is 5.75 Å². The van der Waals surface area contributed by atoms with Crippen molar-refractivity contribution in [1.82, 2.24) is 9.78 Å². The normalized spacial score (nSPS) is 13.1. The van der Waals surface area contributed by atoms with Gasteiger partial charge in [-0.3, -0.25) is 4.68 Å². The first-order valence-corrected chi connectivity index (χ1v) is 6.36. The molecule has 1 heterocycles. The minimum absolute atomic E-state index is 0.716. The van der Waals surface area contributed by atoms with Gasteiger partial charge in [-0.15, -0.1) is 0 Å².